The summed E-state index contributed by atoms with van der Waals surface area (Å²) in [6.45, 7) is 1.15. The van der Waals surface area contributed by atoms with E-state index >= 15 is 0 Å². The van der Waals surface area contributed by atoms with Gasteiger partial charge in [-0.3, -0.25) is 4.79 Å². The number of nitrogens with one attached hydrogen (secondary N) is 1. The first-order valence-corrected chi connectivity index (χ1v) is 13.4. The molecule has 8 nitrogen and oxygen atoms in total. The van der Waals surface area contributed by atoms with Crippen molar-refractivity contribution in [3.63, 3.8) is 0 Å². The fraction of sp³-hybridized carbons (Fsp3) is 0.538. The average molecular weight is 495 g/mol. The van der Waals surface area contributed by atoms with Crippen molar-refractivity contribution in [3.8, 4) is 11.1 Å². The Labute approximate surface area is 208 Å². The van der Waals surface area contributed by atoms with E-state index in [1.165, 1.54) is 24.2 Å². The second-order valence-electron chi connectivity index (χ2n) is 9.99. The fourth-order valence-electron chi connectivity index (χ4n) is 4.70. The van der Waals surface area contributed by atoms with Crippen LogP contribution in [0.1, 0.15) is 50.8 Å². The van der Waals surface area contributed by atoms with Crippen LogP contribution in [-0.4, -0.2) is 50.9 Å². The van der Waals surface area contributed by atoms with Crippen molar-refractivity contribution in [1.29, 1.82) is 0 Å². The average Bonchev–Trinajstić information content (AvgIpc) is 3.43. The number of thiazole rings is 1. The highest BCUT2D eigenvalue weighted by atomic mass is 32.1. The molecule has 0 aliphatic heterocycles. The number of hydrogen-bond donors (Lipinski definition) is 2. The second-order valence-corrected chi connectivity index (χ2v) is 11.0. The van der Waals surface area contributed by atoms with E-state index in [1.807, 2.05) is 12.1 Å². The molecule has 35 heavy (non-hydrogen) atoms. The van der Waals surface area contributed by atoms with Gasteiger partial charge in [0.15, 0.2) is 11.0 Å². The molecule has 0 saturated heterocycles. The molecule has 0 bridgehead atoms. The number of carbonyl (C=O) groups excluding carboxylic acids is 1. The van der Waals surface area contributed by atoms with Crippen LogP contribution >= 0.6 is 11.3 Å². The molecule has 2 heterocycles. The van der Waals surface area contributed by atoms with Gasteiger partial charge < -0.3 is 19.9 Å². The lowest BCUT2D eigenvalue weighted by Gasteiger charge is -2.33. The van der Waals surface area contributed by atoms with E-state index in [2.05, 4.69) is 26.3 Å². The molecular weight excluding hydrogens is 464 g/mol. The van der Waals surface area contributed by atoms with Gasteiger partial charge in [0.2, 0.25) is 5.91 Å². The van der Waals surface area contributed by atoms with Crippen molar-refractivity contribution < 1.29 is 19.4 Å². The summed E-state index contributed by atoms with van der Waals surface area (Å²) in [6, 6.07) is 6.00. The Morgan fingerprint density at radius 2 is 1.91 bits per heavy atom. The van der Waals surface area contributed by atoms with Gasteiger partial charge in [-0.15, -0.1) is 0 Å². The molecule has 184 valence electrons. The molecule has 2 N–H and O–H groups in total. The number of aliphatic hydroxyl groups excluding tert-OH is 1. The predicted molar refractivity (Wildman–Crippen MR) is 133 cm³/mol. The van der Waals surface area contributed by atoms with Gasteiger partial charge in [0.25, 0.3) is 0 Å². The number of ether oxygens (including phenoxy) is 2. The summed E-state index contributed by atoms with van der Waals surface area (Å²) in [7, 11) is 0. The Morgan fingerprint density at radius 3 is 2.66 bits per heavy atom. The van der Waals surface area contributed by atoms with E-state index in [1.54, 1.807) is 12.4 Å². The number of amides is 1. The molecule has 0 spiro atoms. The van der Waals surface area contributed by atoms with Crippen molar-refractivity contribution in [3.05, 3.63) is 36.4 Å². The van der Waals surface area contributed by atoms with Gasteiger partial charge in [-0.1, -0.05) is 17.4 Å². The van der Waals surface area contributed by atoms with E-state index in [-0.39, 0.29) is 30.1 Å². The Morgan fingerprint density at radius 1 is 1.09 bits per heavy atom. The molecule has 1 amide bonds. The Balaban J connectivity index is 1.04. The number of aliphatic hydroxyl groups is 1. The smallest absolute Gasteiger partial charge is 0.229 e. The van der Waals surface area contributed by atoms with E-state index < -0.39 is 0 Å². The Hall–Kier alpha value is -2.46. The monoisotopic (exact) mass is 494 g/mol. The van der Waals surface area contributed by atoms with Gasteiger partial charge in [0, 0.05) is 30.5 Å². The van der Waals surface area contributed by atoms with E-state index in [0.717, 1.165) is 66.0 Å². The lowest BCUT2D eigenvalue weighted by atomic mass is 9.81. The molecule has 1 aromatic carbocycles. The van der Waals surface area contributed by atoms with Gasteiger partial charge in [0.1, 0.15) is 6.61 Å². The van der Waals surface area contributed by atoms with Crippen LogP contribution in [0, 0.1) is 11.8 Å². The van der Waals surface area contributed by atoms with E-state index in [9.17, 15) is 9.90 Å². The third kappa shape index (κ3) is 5.38. The summed E-state index contributed by atoms with van der Waals surface area (Å²) in [5, 5.41) is 13.5. The number of anilines is 1. The maximum atomic E-state index is 12.6. The highest BCUT2D eigenvalue weighted by Gasteiger charge is 2.36. The van der Waals surface area contributed by atoms with Gasteiger partial charge in [-0.05, 0) is 68.6 Å². The Kier molecular flexibility index (Phi) is 6.49. The zero-order valence-corrected chi connectivity index (χ0v) is 20.4. The minimum Gasteiger partial charge on any atom is -0.390 e. The minimum atomic E-state index is -0.383. The number of carbonyl (C=O) groups is 1. The normalized spacial score (nSPS) is 26.1. The summed E-state index contributed by atoms with van der Waals surface area (Å²) in [5.74, 6) is 1.41. The molecule has 3 aliphatic carbocycles. The first-order valence-electron chi connectivity index (χ1n) is 12.5. The van der Waals surface area contributed by atoms with Gasteiger partial charge >= 0.3 is 0 Å². The summed E-state index contributed by atoms with van der Waals surface area (Å²) in [4.78, 5) is 26.1. The molecule has 0 radical (unpaired) electrons. The van der Waals surface area contributed by atoms with Crippen LogP contribution < -0.4 is 5.32 Å². The topological polar surface area (TPSA) is 106 Å². The standard InChI is InChI=1S/C26H30N4O4S/c31-21-2-1-3-22(21)34-14-24-27-11-18(12-28-24)16-6-7-20-23(10-16)35-26(29-20)30-25(32)17-8-19(9-17)33-13-15-4-5-15/h6-7,10-12,15,17,19,21-22,31H,1-5,8-9,13-14H2,(H,29,30,32)/t17-,19+,21-,22-/m0/s1. The first-order chi connectivity index (χ1) is 17.1. The SMILES string of the molecule is O=C(Nc1nc2ccc(-c3cnc(CO[C@H]4CCC[C@@H]4O)nc3)cc2s1)[C@H]1C[C@@H](OCC2CC2)C1. The summed E-state index contributed by atoms with van der Waals surface area (Å²) in [5.41, 5.74) is 2.75. The van der Waals surface area contributed by atoms with Crippen molar-refractivity contribution in [1.82, 2.24) is 15.0 Å². The van der Waals surface area contributed by atoms with E-state index in [4.69, 9.17) is 9.47 Å². The fourth-order valence-corrected chi connectivity index (χ4v) is 5.61. The molecule has 3 saturated carbocycles. The van der Waals surface area contributed by atoms with Crippen molar-refractivity contribution in [2.75, 3.05) is 11.9 Å². The lowest BCUT2D eigenvalue weighted by molar-refractivity contribution is -0.128. The van der Waals surface area contributed by atoms with Gasteiger partial charge in [-0.2, -0.15) is 0 Å². The van der Waals surface area contributed by atoms with Gasteiger partial charge in [0.05, 0.1) is 28.5 Å². The number of benzene rings is 1. The van der Waals surface area contributed by atoms with Crippen LogP contribution in [0.4, 0.5) is 5.13 Å². The molecular formula is C26H30N4O4S. The van der Waals surface area contributed by atoms with Crippen LogP contribution in [0.5, 0.6) is 0 Å². The maximum Gasteiger partial charge on any atom is 0.229 e. The zero-order valence-electron chi connectivity index (χ0n) is 19.6. The summed E-state index contributed by atoms with van der Waals surface area (Å²) < 4.78 is 12.6. The van der Waals surface area contributed by atoms with Crippen molar-refractivity contribution in [2.24, 2.45) is 11.8 Å². The first kappa shape index (κ1) is 23.0. The van der Waals surface area contributed by atoms with Crippen LogP contribution in [0.15, 0.2) is 30.6 Å². The molecule has 3 fully saturated rings. The molecule has 9 heteroatoms. The molecule has 0 unspecified atom stereocenters. The quantitative estimate of drug-likeness (QED) is 0.456. The van der Waals surface area contributed by atoms with Crippen LogP contribution in [-0.2, 0) is 20.9 Å². The summed E-state index contributed by atoms with van der Waals surface area (Å²) >= 11 is 1.48. The van der Waals surface area contributed by atoms with Crippen LogP contribution in [0.2, 0.25) is 0 Å². The maximum absolute atomic E-state index is 12.6. The molecule has 3 aliphatic rings. The number of hydrogen-bond acceptors (Lipinski definition) is 8. The van der Waals surface area contributed by atoms with E-state index in [0.29, 0.717) is 17.6 Å². The second kappa shape index (κ2) is 9.89. The van der Waals surface area contributed by atoms with Crippen molar-refractivity contribution >= 4 is 32.6 Å². The molecule has 6 rings (SSSR count). The number of nitrogens with zero attached hydrogens (tertiary/aromatic N) is 3. The highest BCUT2D eigenvalue weighted by Crippen LogP contribution is 2.36. The molecule has 3 aromatic rings. The summed E-state index contributed by atoms with van der Waals surface area (Å²) in [6.07, 6.45) is 10.2. The highest BCUT2D eigenvalue weighted by molar-refractivity contribution is 7.22. The van der Waals surface area contributed by atoms with Crippen LogP contribution in [0.3, 0.4) is 0 Å². The number of fused-ring (bicyclic) bond motifs is 1. The minimum absolute atomic E-state index is 0.0124. The number of rotatable bonds is 9. The number of aromatic nitrogens is 3. The zero-order chi connectivity index (χ0) is 23.8. The predicted octanol–water partition coefficient (Wildman–Crippen LogP) is 4.33. The largest absolute Gasteiger partial charge is 0.390 e. The van der Waals surface area contributed by atoms with Crippen molar-refractivity contribution in [2.45, 2.75) is 69.9 Å². The third-order valence-electron chi connectivity index (χ3n) is 7.23. The van der Waals surface area contributed by atoms with Gasteiger partial charge in [-0.25, -0.2) is 15.0 Å². The molecule has 2 atom stereocenters. The lowest BCUT2D eigenvalue weighted by Crippen LogP contribution is -2.39. The van der Waals surface area contributed by atoms with Crippen LogP contribution in [0.25, 0.3) is 21.3 Å². The Bertz CT molecular complexity index is 1190. The third-order valence-corrected chi connectivity index (χ3v) is 8.17. The molecule has 2 aromatic heterocycles.